The molecule has 0 spiro atoms. The van der Waals surface area contributed by atoms with Crippen LogP contribution in [0.4, 0.5) is 10.1 Å². The summed E-state index contributed by atoms with van der Waals surface area (Å²) in [4.78, 5) is 1.71. The molecule has 0 radical (unpaired) electrons. The number of nitrogens with zero attached hydrogens (tertiary/aromatic N) is 1. The van der Waals surface area contributed by atoms with Crippen molar-refractivity contribution in [3.63, 3.8) is 0 Å². The van der Waals surface area contributed by atoms with Gasteiger partial charge in [-0.2, -0.15) is 0 Å². The van der Waals surface area contributed by atoms with E-state index in [0.717, 1.165) is 12.1 Å². The van der Waals surface area contributed by atoms with Gasteiger partial charge in [-0.1, -0.05) is 6.07 Å². The van der Waals surface area contributed by atoms with Crippen LogP contribution < -0.4 is 10.2 Å². The Morgan fingerprint density at radius 3 is 2.79 bits per heavy atom. The first kappa shape index (κ1) is 15.9. The molecule has 1 rings (SSSR count). The molecule has 0 saturated heterocycles. The normalized spacial score (nSPS) is 12.5. The van der Waals surface area contributed by atoms with Crippen LogP contribution in [0.1, 0.15) is 12.5 Å². The maximum atomic E-state index is 14.0. The zero-order chi connectivity index (χ0) is 14.3. The Kier molecular flexibility index (Phi) is 6.77. The molecule has 0 saturated carbocycles. The Labute approximate surface area is 114 Å². The highest BCUT2D eigenvalue weighted by Gasteiger charge is 2.10. The molecular formula is C14H23FN2O2. The highest BCUT2D eigenvalue weighted by atomic mass is 19.1. The van der Waals surface area contributed by atoms with Gasteiger partial charge in [-0.05, 0) is 24.6 Å². The van der Waals surface area contributed by atoms with Gasteiger partial charge in [0.2, 0.25) is 0 Å². The molecule has 0 aliphatic heterocycles. The lowest BCUT2D eigenvalue weighted by atomic mass is 10.1. The largest absolute Gasteiger partial charge is 0.392 e. The van der Waals surface area contributed by atoms with Crippen LogP contribution >= 0.6 is 0 Å². The van der Waals surface area contributed by atoms with Crippen molar-refractivity contribution in [1.29, 1.82) is 0 Å². The lowest BCUT2D eigenvalue weighted by Crippen LogP contribution is -2.27. The number of nitrogens with one attached hydrogen (secondary N) is 1. The van der Waals surface area contributed by atoms with Crippen molar-refractivity contribution in [2.45, 2.75) is 19.6 Å². The van der Waals surface area contributed by atoms with E-state index in [0.29, 0.717) is 25.4 Å². The first-order chi connectivity index (χ1) is 9.04. The fourth-order valence-corrected chi connectivity index (χ4v) is 1.87. The molecule has 0 fully saturated rings. The van der Waals surface area contributed by atoms with E-state index in [1.165, 1.54) is 6.07 Å². The van der Waals surface area contributed by atoms with Crippen molar-refractivity contribution in [1.82, 2.24) is 5.32 Å². The number of rotatable bonds is 8. The SMILES string of the molecule is COCCNCc1ccc(N(C)CC(C)O)c(F)c1. The third kappa shape index (κ3) is 5.55. The van der Waals surface area contributed by atoms with Gasteiger partial charge in [0.25, 0.3) is 0 Å². The molecule has 1 aromatic rings. The van der Waals surface area contributed by atoms with Crippen molar-refractivity contribution < 1.29 is 14.2 Å². The van der Waals surface area contributed by atoms with E-state index in [4.69, 9.17) is 4.74 Å². The van der Waals surface area contributed by atoms with Crippen LogP contribution in [0, 0.1) is 5.82 Å². The minimum absolute atomic E-state index is 0.269. The fourth-order valence-electron chi connectivity index (χ4n) is 1.87. The summed E-state index contributed by atoms with van der Waals surface area (Å²) in [7, 11) is 3.41. The molecule has 1 unspecified atom stereocenters. The number of methoxy groups -OCH3 is 1. The van der Waals surface area contributed by atoms with E-state index in [2.05, 4.69) is 5.32 Å². The standard InChI is InChI=1S/C14H23FN2O2/c1-11(18)10-17(2)14-5-4-12(8-13(14)15)9-16-6-7-19-3/h4-5,8,11,16,18H,6-7,9-10H2,1-3H3. The van der Waals surface area contributed by atoms with Gasteiger partial charge in [-0.25, -0.2) is 4.39 Å². The molecule has 19 heavy (non-hydrogen) atoms. The number of anilines is 1. The van der Waals surface area contributed by atoms with Crippen LogP contribution in [0.2, 0.25) is 0 Å². The van der Waals surface area contributed by atoms with E-state index in [9.17, 15) is 9.50 Å². The lowest BCUT2D eigenvalue weighted by molar-refractivity contribution is 0.199. The summed E-state index contributed by atoms with van der Waals surface area (Å²) in [6.07, 6.45) is -0.486. The number of aliphatic hydroxyl groups excluding tert-OH is 1. The number of likely N-dealkylation sites (N-methyl/N-ethyl adjacent to an activating group) is 1. The smallest absolute Gasteiger partial charge is 0.146 e. The number of benzene rings is 1. The van der Waals surface area contributed by atoms with Gasteiger partial charge in [0, 0.05) is 33.8 Å². The Bertz CT molecular complexity index is 386. The summed E-state index contributed by atoms with van der Waals surface area (Å²) in [5.41, 5.74) is 1.39. The Hall–Kier alpha value is -1.17. The number of ether oxygens (including phenoxy) is 1. The quantitative estimate of drug-likeness (QED) is 0.701. The number of hydrogen-bond donors (Lipinski definition) is 2. The molecule has 108 valence electrons. The Morgan fingerprint density at radius 1 is 1.47 bits per heavy atom. The van der Waals surface area contributed by atoms with Gasteiger partial charge in [0.15, 0.2) is 0 Å². The monoisotopic (exact) mass is 270 g/mol. The number of aliphatic hydroxyl groups is 1. The van der Waals surface area contributed by atoms with Crippen molar-refractivity contribution in [3.05, 3.63) is 29.6 Å². The van der Waals surface area contributed by atoms with E-state index >= 15 is 0 Å². The van der Waals surface area contributed by atoms with Crippen LogP contribution in [-0.2, 0) is 11.3 Å². The summed E-state index contributed by atoms with van der Waals surface area (Å²) < 4.78 is 18.9. The molecule has 0 aromatic heterocycles. The van der Waals surface area contributed by atoms with Crippen molar-refractivity contribution in [2.75, 3.05) is 38.8 Å². The van der Waals surface area contributed by atoms with Gasteiger partial charge in [0.05, 0.1) is 18.4 Å². The van der Waals surface area contributed by atoms with Gasteiger partial charge in [0.1, 0.15) is 5.82 Å². The average Bonchev–Trinajstić information content (AvgIpc) is 2.33. The molecule has 1 atom stereocenters. The van der Waals surface area contributed by atoms with Crippen LogP contribution in [0.25, 0.3) is 0 Å². The van der Waals surface area contributed by atoms with E-state index < -0.39 is 6.10 Å². The first-order valence-electron chi connectivity index (χ1n) is 6.42. The maximum Gasteiger partial charge on any atom is 0.146 e. The van der Waals surface area contributed by atoms with Crippen molar-refractivity contribution in [3.8, 4) is 0 Å². The van der Waals surface area contributed by atoms with Gasteiger partial charge < -0.3 is 20.1 Å². The minimum atomic E-state index is -0.486. The number of halogens is 1. The topological polar surface area (TPSA) is 44.7 Å². The molecule has 4 nitrogen and oxygen atoms in total. The van der Waals surface area contributed by atoms with Gasteiger partial charge >= 0.3 is 0 Å². The molecule has 2 N–H and O–H groups in total. The highest BCUT2D eigenvalue weighted by Crippen LogP contribution is 2.19. The summed E-state index contributed by atoms with van der Waals surface area (Å²) in [5, 5.41) is 12.5. The molecule has 0 aliphatic carbocycles. The van der Waals surface area contributed by atoms with Crippen LogP contribution in [0.5, 0.6) is 0 Å². The molecule has 0 aliphatic rings. The third-order valence-electron chi connectivity index (χ3n) is 2.77. The Balaban J connectivity index is 2.58. The van der Waals surface area contributed by atoms with E-state index in [-0.39, 0.29) is 5.82 Å². The molecule has 5 heteroatoms. The lowest BCUT2D eigenvalue weighted by Gasteiger charge is -2.21. The molecule has 0 bridgehead atoms. The van der Waals surface area contributed by atoms with E-state index in [1.54, 1.807) is 32.0 Å². The molecular weight excluding hydrogens is 247 g/mol. The summed E-state index contributed by atoms with van der Waals surface area (Å²) >= 11 is 0. The molecule has 0 heterocycles. The van der Waals surface area contributed by atoms with E-state index in [1.807, 2.05) is 6.07 Å². The summed E-state index contributed by atoms with van der Waals surface area (Å²) in [6.45, 7) is 4.07. The van der Waals surface area contributed by atoms with Gasteiger partial charge in [-0.3, -0.25) is 0 Å². The third-order valence-corrected chi connectivity index (χ3v) is 2.77. The predicted octanol–water partition coefficient (Wildman–Crippen LogP) is 1.38. The zero-order valence-corrected chi connectivity index (χ0v) is 11.8. The minimum Gasteiger partial charge on any atom is -0.392 e. The van der Waals surface area contributed by atoms with Crippen LogP contribution in [-0.4, -0.2) is 45.1 Å². The summed E-state index contributed by atoms with van der Waals surface area (Å²) in [6, 6.07) is 5.15. The predicted molar refractivity (Wildman–Crippen MR) is 74.9 cm³/mol. The Morgan fingerprint density at radius 2 is 2.21 bits per heavy atom. The van der Waals surface area contributed by atoms with Crippen molar-refractivity contribution >= 4 is 5.69 Å². The van der Waals surface area contributed by atoms with Crippen LogP contribution in [0.3, 0.4) is 0 Å². The zero-order valence-electron chi connectivity index (χ0n) is 11.8. The maximum absolute atomic E-state index is 14.0. The number of hydrogen-bond acceptors (Lipinski definition) is 4. The van der Waals surface area contributed by atoms with Crippen molar-refractivity contribution in [2.24, 2.45) is 0 Å². The first-order valence-corrected chi connectivity index (χ1v) is 6.42. The second-order valence-corrected chi connectivity index (χ2v) is 4.68. The second-order valence-electron chi connectivity index (χ2n) is 4.68. The molecule has 1 aromatic carbocycles. The second kappa shape index (κ2) is 8.09. The highest BCUT2D eigenvalue weighted by molar-refractivity contribution is 5.48. The average molecular weight is 270 g/mol. The fraction of sp³-hybridized carbons (Fsp3) is 0.571. The summed E-state index contributed by atoms with van der Waals surface area (Å²) in [5.74, 6) is -0.269. The van der Waals surface area contributed by atoms with Gasteiger partial charge in [-0.15, -0.1) is 0 Å². The molecule has 0 amide bonds. The van der Waals surface area contributed by atoms with Crippen LogP contribution in [0.15, 0.2) is 18.2 Å².